The molecule has 1 aromatic heterocycles. The number of guanidine groups is 1. The van der Waals surface area contributed by atoms with E-state index in [1.807, 2.05) is 19.1 Å². The quantitative estimate of drug-likeness (QED) is 0.239. The molecule has 1 aliphatic heterocycles. The molecule has 3 N–H and O–H groups in total. The van der Waals surface area contributed by atoms with Crippen LogP contribution in [0.1, 0.15) is 32.6 Å². The highest BCUT2D eigenvalue weighted by Crippen LogP contribution is 2.26. The monoisotopic (exact) mass is 570 g/mol. The fraction of sp³-hybridized carbons (Fsp3) is 0.684. The van der Waals surface area contributed by atoms with E-state index in [1.165, 1.54) is 6.42 Å². The van der Waals surface area contributed by atoms with Crippen molar-refractivity contribution in [2.45, 2.75) is 38.6 Å². The topological polar surface area (TPSA) is 98.7 Å². The number of aliphatic imine (C=N–C) groups is 1. The zero-order valence-electron chi connectivity index (χ0n) is 17.3. The van der Waals surface area contributed by atoms with Gasteiger partial charge >= 0.3 is 0 Å². The Kier molecular flexibility index (Phi) is 10.4. The summed E-state index contributed by atoms with van der Waals surface area (Å²) in [5.74, 6) is 1.94. The molecule has 1 unspecified atom stereocenters. The molecule has 2 heterocycles. The number of pyridine rings is 1. The Balaban J connectivity index is 0.00000320. The van der Waals surface area contributed by atoms with Gasteiger partial charge in [0.15, 0.2) is 5.96 Å². The van der Waals surface area contributed by atoms with E-state index < -0.39 is 10.0 Å². The first-order valence-corrected chi connectivity index (χ1v) is 12.4. The molecule has 1 atom stereocenters. The molecule has 0 aromatic carbocycles. The highest BCUT2D eigenvalue weighted by atomic mass is 127. The van der Waals surface area contributed by atoms with Crippen LogP contribution in [-0.2, 0) is 10.0 Å². The molecule has 2 fully saturated rings. The second kappa shape index (κ2) is 12.3. The lowest BCUT2D eigenvalue weighted by molar-refractivity contribution is 0.316. The van der Waals surface area contributed by atoms with Crippen LogP contribution in [0.5, 0.6) is 0 Å². The summed E-state index contributed by atoms with van der Waals surface area (Å²) in [5, 5.41) is 7.24. The van der Waals surface area contributed by atoms with Gasteiger partial charge in [0.1, 0.15) is 5.82 Å². The van der Waals surface area contributed by atoms with Crippen molar-refractivity contribution in [3.63, 3.8) is 0 Å². The van der Waals surface area contributed by atoms with Crippen LogP contribution in [0.15, 0.2) is 23.3 Å². The SMILES string of the molecule is CCNC(=NCCS(=O)(=O)NCC1CCC1)NC1CCN(c2ncccc2Cl)C1.I. The molecule has 1 saturated carbocycles. The first-order chi connectivity index (χ1) is 14.0. The third-order valence-corrected chi connectivity index (χ3v) is 6.98. The molecule has 0 spiro atoms. The number of anilines is 1. The van der Waals surface area contributed by atoms with E-state index in [4.69, 9.17) is 11.6 Å². The lowest BCUT2D eigenvalue weighted by Crippen LogP contribution is -2.45. The van der Waals surface area contributed by atoms with E-state index in [-0.39, 0.29) is 42.3 Å². The van der Waals surface area contributed by atoms with Crippen molar-refractivity contribution < 1.29 is 8.42 Å². The van der Waals surface area contributed by atoms with Gasteiger partial charge in [0.05, 0.1) is 17.3 Å². The second-order valence-corrected chi connectivity index (χ2v) is 9.94. The standard InChI is InChI=1S/C19H31ClN6O2S.HI/c1-2-21-19(23-10-12-29(27,28)24-13-15-5-3-6-15)25-16-8-11-26(14-16)18-17(20)7-4-9-22-18;/h4,7,9,15-16,24H,2-3,5-6,8,10-14H2,1H3,(H2,21,23,25);1H. The summed E-state index contributed by atoms with van der Waals surface area (Å²) in [5.41, 5.74) is 0. The molecule has 8 nitrogen and oxygen atoms in total. The first-order valence-electron chi connectivity index (χ1n) is 10.3. The number of hydrogen-bond donors (Lipinski definition) is 3. The lowest BCUT2D eigenvalue weighted by atomic mass is 9.86. The van der Waals surface area contributed by atoms with Crippen LogP contribution in [0.25, 0.3) is 0 Å². The van der Waals surface area contributed by atoms with Gasteiger partial charge in [-0.05, 0) is 44.2 Å². The number of rotatable bonds is 9. The largest absolute Gasteiger partial charge is 0.357 e. The molecule has 0 amide bonds. The van der Waals surface area contributed by atoms with Gasteiger partial charge in [0, 0.05) is 38.4 Å². The van der Waals surface area contributed by atoms with Crippen LogP contribution in [0.3, 0.4) is 0 Å². The van der Waals surface area contributed by atoms with E-state index in [0.29, 0.717) is 30.0 Å². The molecule has 3 rings (SSSR count). The molecule has 1 aliphatic carbocycles. The maximum atomic E-state index is 12.1. The molecule has 2 aliphatic rings. The van der Waals surface area contributed by atoms with Gasteiger partial charge in [0.2, 0.25) is 10.0 Å². The third kappa shape index (κ3) is 7.69. The minimum absolute atomic E-state index is 0. The molecular formula is C19H32ClIN6O2S. The third-order valence-electron chi connectivity index (χ3n) is 5.36. The Morgan fingerprint density at radius 2 is 2.17 bits per heavy atom. The minimum atomic E-state index is -3.28. The van der Waals surface area contributed by atoms with E-state index in [0.717, 1.165) is 38.2 Å². The van der Waals surface area contributed by atoms with Gasteiger partial charge in [-0.25, -0.2) is 18.1 Å². The zero-order chi connectivity index (χ0) is 20.7. The predicted octanol–water partition coefficient (Wildman–Crippen LogP) is 2.21. The molecule has 1 aromatic rings. The van der Waals surface area contributed by atoms with Crippen LogP contribution in [0, 0.1) is 5.92 Å². The Morgan fingerprint density at radius 1 is 1.37 bits per heavy atom. The van der Waals surface area contributed by atoms with Crippen molar-refractivity contribution in [3.8, 4) is 0 Å². The second-order valence-electron chi connectivity index (χ2n) is 7.61. The Bertz CT molecular complexity index is 806. The normalized spacial score (nSPS) is 19.9. The summed E-state index contributed by atoms with van der Waals surface area (Å²) in [6, 6.07) is 3.86. The van der Waals surface area contributed by atoms with Crippen LogP contribution in [0.4, 0.5) is 5.82 Å². The van der Waals surface area contributed by atoms with Crippen LogP contribution < -0.4 is 20.3 Å². The molecule has 0 bridgehead atoms. The van der Waals surface area contributed by atoms with Gasteiger partial charge < -0.3 is 15.5 Å². The summed E-state index contributed by atoms with van der Waals surface area (Å²) >= 11 is 6.25. The van der Waals surface area contributed by atoms with E-state index >= 15 is 0 Å². The van der Waals surface area contributed by atoms with Crippen LogP contribution >= 0.6 is 35.6 Å². The number of halogens is 2. The van der Waals surface area contributed by atoms with Crippen molar-refractivity contribution in [1.82, 2.24) is 20.3 Å². The number of nitrogens with one attached hydrogen (secondary N) is 3. The average molecular weight is 571 g/mol. The smallest absolute Gasteiger partial charge is 0.213 e. The molecule has 30 heavy (non-hydrogen) atoms. The summed E-state index contributed by atoms with van der Waals surface area (Å²) in [6.45, 7) is 5.09. The number of aromatic nitrogens is 1. The number of nitrogens with zero attached hydrogens (tertiary/aromatic N) is 3. The molecule has 1 saturated heterocycles. The van der Waals surface area contributed by atoms with Crippen LogP contribution in [-0.4, -0.2) is 63.9 Å². The summed E-state index contributed by atoms with van der Waals surface area (Å²) in [7, 11) is -3.28. The molecule has 170 valence electrons. The summed E-state index contributed by atoms with van der Waals surface area (Å²) < 4.78 is 27.0. The number of hydrogen-bond acceptors (Lipinski definition) is 5. The van der Waals surface area contributed by atoms with E-state index in [1.54, 1.807) is 6.20 Å². The Morgan fingerprint density at radius 3 is 2.83 bits per heavy atom. The molecule has 0 radical (unpaired) electrons. The Hall–Kier alpha value is -0.850. The maximum Gasteiger partial charge on any atom is 0.213 e. The van der Waals surface area contributed by atoms with E-state index in [2.05, 4.69) is 30.2 Å². The zero-order valence-corrected chi connectivity index (χ0v) is 21.2. The predicted molar refractivity (Wildman–Crippen MR) is 134 cm³/mol. The minimum Gasteiger partial charge on any atom is -0.357 e. The van der Waals surface area contributed by atoms with Crippen molar-refractivity contribution in [2.75, 3.05) is 43.4 Å². The summed E-state index contributed by atoms with van der Waals surface area (Å²) in [4.78, 5) is 11.0. The van der Waals surface area contributed by atoms with Gasteiger partial charge in [-0.3, -0.25) is 4.99 Å². The highest BCUT2D eigenvalue weighted by molar-refractivity contribution is 14.0. The number of sulfonamides is 1. The van der Waals surface area contributed by atoms with Gasteiger partial charge in [-0.15, -0.1) is 24.0 Å². The van der Waals surface area contributed by atoms with Crippen molar-refractivity contribution in [3.05, 3.63) is 23.4 Å². The first kappa shape index (κ1) is 25.4. The van der Waals surface area contributed by atoms with Gasteiger partial charge in [-0.1, -0.05) is 18.0 Å². The average Bonchev–Trinajstić information content (AvgIpc) is 3.09. The summed E-state index contributed by atoms with van der Waals surface area (Å²) in [6.07, 6.45) is 6.12. The van der Waals surface area contributed by atoms with Crippen molar-refractivity contribution in [1.29, 1.82) is 0 Å². The van der Waals surface area contributed by atoms with Gasteiger partial charge in [0.25, 0.3) is 0 Å². The Labute approximate surface area is 201 Å². The maximum absolute atomic E-state index is 12.1. The van der Waals surface area contributed by atoms with Crippen LogP contribution in [0.2, 0.25) is 5.02 Å². The fourth-order valence-corrected chi connectivity index (χ4v) is 4.69. The highest BCUT2D eigenvalue weighted by Gasteiger charge is 2.25. The van der Waals surface area contributed by atoms with Crippen molar-refractivity contribution in [2.24, 2.45) is 10.9 Å². The lowest BCUT2D eigenvalue weighted by Gasteiger charge is -2.25. The molecule has 11 heteroatoms. The van der Waals surface area contributed by atoms with E-state index in [9.17, 15) is 8.42 Å². The fourth-order valence-electron chi connectivity index (χ4n) is 3.49. The molecular weight excluding hydrogens is 539 g/mol. The van der Waals surface area contributed by atoms with Gasteiger partial charge in [-0.2, -0.15) is 0 Å². The van der Waals surface area contributed by atoms with Crippen molar-refractivity contribution >= 4 is 57.4 Å².